The van der Waals surface area contributed by atoms with Crippen molar-refractivity contribution < 1.29 is 23.4 Å². The van der Waals surface area contributed by atoms with Gasteiger partial charge in [0.05, 0.1) is 0 Å². The molecule has 0 spiro atoms. The van der Waals surface area contributed by atoms with E-state index in [4.69, 9.17) is 10.2 Å². The molecule has 1 aromatic rings. The Bertz CT molecular complexity index is 587. The second kappa shape index (κ2) is 5.61. The summed E-state index contributed by atoms with van der Waals surface area (Å²) in [5, 5.41) is 17.4. The number of rotatable bonds is 6. The number of carbonyl (C=O) groups is 1. The summed E-state index contributed by atoms with van der Waals surface area (Å²) in [5.74, 6) is -1.42. The number of aromatic nitrogens is 1. The van der Waals surface area contributed by atoms with Crippen molar-refractivity contribution in [1.29, 1.82) is 0 Å². The molecule has 0 bridgehead atoms. The minimum atomic E-state index is -3.86. The van der Waals surface area contributed by atoms with Gasteiger partial charge in [0.25, 0.3) is 10.0 Å². The van der Waals surface area contributed by atoms with Crippen LogP contribution in [0, 0.1) is 6.92 Å². The van der Waals surface area contributed by atoms with Crippen LogP contribution in [0.2, 0.25) is 0 Å². The molecule has 8 nitrogen and oxygen atoms in total. The first-order chi connectivity index (χ1) is 8.24. The van der Waals surface area contributed by atoms with Crippen LogP contribution >= 0.6 is 11.3 Å². The molecule has 102 valence electrons. The van der Waals surface area contributed by atoms with Crippen LogP contribution in [-0.2, 0) is 14.8 Å². The van der Waals surface area contributed by atoms with E-state index in [2.05, 4.69) is 9.71 Å². The van der Waals surface area contributed by atoms with Gasteiger partial charge in [-0.25, -0.2) is 17.9 Å². The molecule has 1 unspecified atom stereocenters. The van der Waals surface area contributed by atoms with Crippen molar-refractivity contribution in [3.05, 3.63) is 15.4 Å². The van der Waals surface area contributed by atoms with E-state index in [1.54, 1.807) is 0 Å². The van der Waals surface area contributed by atoms with Crippen molar-refractivity contribution in [1.82, 2.24) is 9.71 Å². The number of aliphatic hydroxyl groups excluding tert-OH is 1. The molecule has 0 aliphatic heterocycles. The molecule has 0 radical (unpaired) electrons. The van der Waals surface area contributed by atoms with Crippen LogP contribution in [-0.4, -0.2) is 42.2 Å². The summed E-state index contributed by atoms with van der Waals surface area (Å²) < 4.78 is 25.4. The lowest BCUT2D eigenvalue weighted by Crippen LogP contribution is -2.30. The highest BCUT2D eigenvalue weighted by Crippen LogP contribution is 2.15. The van der Waals surface area contributed by atoms with Gasteiger partial charge >= 0.3 is 10.8 Å². The summed E-state index contributed by atoms with van der Waals surface area (Å²) in [6.45, 7) is 1.21. The van der Waals surface area contributed by atoms with Crippen molar-refractivity contribution in [3.63, 3.8) is 0 Å². The lowest BCUT2D eigenvalue weighted by Gasteiger charge is -2.07. The Labute approximate surface area is 106 Å². The zero-order valence-corrected chi connectivity index (χ0v) is 11.0. The topological polar surface area (TPSA) is 137 Å². The van der Waals surface area contributed by atoms with E-state index in [1.165, 1.54) is 6.92 Å². The maximum Gasteiger partial charge on any atom is 0.332 e. The van der Waals surface area contributed by atoms with E-state index < -0.39 is 27.0 Å². The molecule has 1 rings (SSSR count). The first-order valence-corrected chi connectivity index (χ1v) is 7.14. The van der Waals surface area contributed by atoms with Gasteiger partial charge in [0.1, 0.15) is 0 Å². The van der Waals surface area contributed by atoms with Crippen molar-refractivity contribution in [2.45, 2.75) is 23.7 Å². The summed E-state index contributed by atoms with van der Waals surface area (Å²) in [7, 11) is -3.86. The van der Waals surface area contributed by atoms with Crippen LogP contribution in [0.25, 0.3) is 0 Å². The second-order valence-electron chi connectivity index (χ2n) is 3.47. The molecule has 0 aromatic carbocycles. The van der Waals surface area contributed by atoms with Crippen LogP contribution < -0.4 is 9.60 Å². The Balaban J connectivity index is 2.69. The number of thiazole rings is 1. The molecule has 1 atom stereocenters. The van der Waals surface area contributed by atoms with Gasteiger partial charge in [0, 0.05) is 12.2 Å². The minimum absolute atomic E-state index is 0.141. The van der Waals surface area contributed by atoms with E-state index in [1.807, 2.05) is 0 Å². The molecule has 1 aromatic heterocycles. The Kier molecular flexibility index (Phi) is 4.62. The molecule has 0 saturated heterocycles. The summed E-state index contributed by atoms with van der Waals surface area (Å²) in [5.41, 5.74) is 0.219. The van der Waals surface area contributed by atoms with Gasteiger partial charge in [0.2, 0.25) is 0 Å². The number of nitrogens with one attached hydrogen (secondary N) is 2. The van der Waals surface area contributed by atoms with Gasteiger partial charge in [-0.05, 0) is 13.3 Å². The molecule has 18 heavy (non-hydrogen) atoms. The molecule has 0 amide bonds. The summed E-state index contributed by atoms with van der Waals surface area (Å²) in [6, 6.07) is 0. The zero-order chi connectivity index (χ0) is 13.9. The third kappa shape index (κ3) is 3.63. The number of aryl methyl sites for hydroxylation is 1. The number of hydrogen-bond donors (Lipinski definition) is 4. The predicted molar refractivity (Wildman–Crippen MR) is 63.1 cm³/mol. The second-order valence-corrected chi connectivity index (χ2v) is 6.41. The van der Waals surface area contributed by atoms with E-state index in [0.29, 0.717) is 11.3 Å². The standard InChI is InChI=1S/C8H12N2O6S2/c1-4-7(17-8(14)10-4)18(15,16)9-3-2-5(11)6(12)13/h5,9,11H,2-3H2,1H3,(H,10,14)(H,12,13). The number of aliphatic hydroxyl groups is 1. The molecule has 4 N–H and O–H groups in total. The zero-order valence-electron chi connectivity index (χ0n) is 9.34. The van der Waals surface area contributed by atoms with Gasteiger partial charge in [0.15, 0.2) is 10.3 Å². The molecular weight excluding hydrogens is 284 g/mol. The Morgan fingerprint density at radius 2 is 2.17 bits per heavy atom. The fraction of sp³-hybridized carbons (Fsp3) is 0.500. The van der Waals surface area contributed by atoms with Gasteiger partial charge < -0.3 is 15.2 Å². The first kappa shape index (κ1) is 14.8. The molecule has 1 heterocycles. The fourth-order valence-electron chi connectivity index (χ4n) is 1.17. The highest BCUT2D eigenvalue weighted by molar-refractivity contribution is 7.91. The molecule has 0 saturated carbocycles. The third-order valence-corrected chi connectivity index (χ3v) is 5.09. The first-order valence-electron chi connectivity index (χ1n) is 4.84. The van der Waals surface area contributed by atoms with E-state index in [9.17, 15) is 18.0 Å². The third-order valence-electron chi connectivity index (χ3n) is 2.02. The van der Waals surface area contributed by atoms with Gasteiger partial charge in [-0.15, -0.1) is 0 Å². The lowest BCUT2D eigenvalue weighted by molar-refractivity contribution is -0.146. The smallest absolute Gasteiger partial charge is 0.332 e. The quantitative estimate of drug-likeness (QED) is 0.523. The number of carboxylic acids is 1. The maximum absolute atomic E-state index is 11.7. The molecular formula is C8H12N2O6S2. The number of aliphatic carboxylic acids is 1. The summed E-state index contributed by atoms with van der Waals surface area (Å²) in [6.07, 6.45) is -1.88. The Morgan fingerprint density at radius 3 is 2.61 bits per heavy atom. The van der Waals surface area contributed by atoms with Gasteiger partial charge in [-0.1, -0.05) is 11.3 Å². The van der Waals surface area contributed by atoms with Crippen molar-refractivity contribution >= 4 is 27.3 Å². The predicted octanol–water partition coefficient (Wildman–Crippen LogP) is -1.14. The highest BCUT2D eigenvalue weighted by atomic mass is 32.2. The van der Waals surface area contributed by atoms with Crippen LogP contribution in [0.1, 0.15) is 12.1 Å². The summed E-state index contributed by atoms with van der Waals surface area (Å²) >= 11 is 0.546. The average molecular weight is 296 g/mol. The number of sulfonamides is 1. The van der Waals surface area contributed by atoms with Crippen molar-refractivity contribution in [2.24, 2.45) is 0 Å². The molecule has 0 fully saturated rings. The Morgan fingerprint density at radius 1 is 1.56 bits per heavy atom. The lowest BCUT2D eigenvalue weighted by atomic mass is 10.3. The summed E-state index contributed by atoms with van der Waals surface area (Å²) in [4.78, 5) is 23.1. The normalized spacial score (nSPS) is 13.4. The SMILES string of the molecule is Cc1[nH]c(=O)sc1S(=O)(=O)NCCC(O)C(=O)O. The maximum atomic E-state index is 11.7. The van der Waals surface area contributed by atoms with Crippen LogP contribution in [0.4, 0.5) is 0 Å². The van der Waals surface area contributed by atoms with Crippen molar-refractivity contribution in [2.75, 3.05) is 6.54 Å². The van der Waals surface area contributed by atoms with Crippen molar-refractivity contribution in [3.8, 4) is 0 Å². The minimum Gasteiger partial charge on any atom is -0.479 e. The highest BCUT2D eigenvalue weighted by Gasteiger charge is 2.21. The number of hydrogen-bond acceptors (Lipinski definition) is 6. The Hall–Kier alpha value is -1.23. The van der Waals surface area contributed by atoms with Crippen LogP contribution in [0.15, 0.2) is 9.00 Å². The molecule has 0 aliphatic carbocycles. The van der Waals surface area contributed by atoms with Gasteiger partial charge in [-0.2, -0.15) is 0 Å². The largest absolute Gasteiger partial charge is 0.479 e. The fourth-order valence-corrected chi connectivity index (χ4v) is 3.56. The van der Waals surface area contributed by atoms with E-state index >= 15 is 0 Å². The average Bonchev–Trinajstić information content (AvgIpc) is 2.58. The monoisotopic (exact) mass is 296 g/mol. The van der Waals surface area contributed by atoms with E-state index in [0.717, 1.165) is 0 Å². The van der Waals surface area contributed by atoms with Gasteiger partial charge in [-0.3, -0.25) is 4.79 Å². The van der Waals surface area contributed by atoms with E-state index in [-0.39, 0.29) is 22.9 Å². The van der Waals surface area contributed by atoms with Crippen LogP contribution in [0.5, 0.6) is 0 Å². The number of aromatic amines is 1. The number of H-pyrrole nitrogens is 1. The van der Waals surface area contributed by atoms with Crippen LogP contribution in [0.3, 0.4) is 0 Å². The molecule has 0 aliphatic rings. The molecule has 10 heteroatoms. The number of carboxylic acid groups (broad SMARTS) is 1.